The molecule has 0 radical (unpaired) electrons. The van der Waals surface area contributed by atoms with Gasteiger partial charge in [-0.1, -0.05) is 6.92 Å². The van der Waals surface area contributed by atoms with Crippen LogP contribution >= 0.6 is 0 Å². The zero-order chi connectivity index (χ0) is 11.9. The third-order valence-electron chi connectivity index (χ3n) is 3.48. The number of rotatable bonds is 6. The molecule has 1 heterocycles. The fourth-order valence-electron chi connectivity index (χ4n) is 2.04. The summed E-state index contributed by atoms with van der Waals surface area (Å²) in [6.07, 6.45) is 3.93. The predicted octanol–water partition coefficient (Wildman–Crippen LogP) is 0.589. The normalized spacial score (nSPS) is 22.7. The van der Waals surface area contributed by atoms with Crippen molar-refractivity contribution in [1.29, 1.82) is 0 Å². The highest BCUT2D eigenvalue weighted by atomic mass is 16.5. The molecule has 1 atom stereocenters. The van der Waals surface area contributed by atoms with E-state index < -0.39 is 0 Å². The Hall–Kier alpha value is -0.160. The molecule has 0 aromatic carbocycles. The molecule has 0 spiro atoms. The molecular formula is C12H26N2O2. The highest BCUT2D eigenvalue weighted by molar-refractivity contribution is 4.81. The van der Waals surface area contributed by atoms with Crippen molar-refractivity contribution in [3.63, 3.8) is 0 Å². The highest BCUT2D eigenvalue weighted by Crippen LogP contribution is 2.14. The number of aliphatic hydroxyl groups is 1. The van der Waals surface area contributed by atoms with Crippen LogP contribution in [0.3, 0.4) is 0 Å². The summed E-state index contributed by atoms with van der Waals surface area (Å²) in [5.74, 6) is 0. The third-order valence-corrected chi connectivity index (χ3v) is 3.48. The molecule has 1 rings (SSSR count). The maximum absolute atomic E-state index is 9.21. The Kier molecular flexibility index (Phi) is 6.28. The van der Waals surface area contributed by atoms with Crippen LogP contribution in [0.4, 0.5) is 0 Å². The zero-order valence-electron chi connectivity index (χ0n) is 10.5. The van der Waals surface area contributed by atoms with Crippen molar-refractivity contribution in [2.24, 2.45) is 5.73 Å². The van der Waals surface area contributed by atoms with Crippen LogP contribution in [0.2, 0.25) is 0 Å². The number of nitrogens with two attached hydrogens (primary N) is 1. The van der Waals surface area contributed by atoms with Gasteiger partial charge in [0.15, 0.2) is 0 Å². The minimum Gasteiger partial charge on any atom is -0.394 e. The van der Waals surface area contributed by atoms with E-state index >= 15 is 0 Å². The van der Waals surface area contributed by atoms with Crippen LogP contribution in [0, 0.1) is 0 Å². The van der Waals surface area contributed by atoms with Crippen molar-refractivity contribution in [2.45, 2.75) is 38.1 Å². The molecule has 0 bridgehead atoms. The number of ether oxygens (including phenoxy) is 1. The lowest BCUT2D eigenvalue weighted by Gasteiger charge is -2.27. The molecule has 0 amide bonds. The molecule has 0 aromatic rings. The van der Waals surface area contributed by atoms with Gasteiger partial charge in [-0.3, -0.25) is 0 Å². The second-order valence-corrected chi connectivity index (χ2v) is 4.79. The molecule has 4 nitrogen and oxygen atoms in total. The van der Waals surface area contributed by atoms with Gasteiger partial charge in [-0.2, -0.15) is 0 Å². The Morgan fingerprint density at radius 3 is 2.88 bits per heavy atom. The van der Waals surface area contributed by atoms with Crippen LogP contribution in [0.15, 0.2) is 0 Å². The summed E-state index contributed by atoms with van der Waals surface area (Å²) < 4.78 is 5.41. The van der Waals surface area contributed by atoms with Crippen molar-refractivity contribution in [3.8, 4) is 0 Å². The van der Waals surface area contributed by atoms with E-state index in [1.54, 1.807) is 0 Å². The Balaban J connectivity index is 2.18. The molecule has 0 saturated carbocycles. The SMILES string of the molecule is CCC(N)(CO)CCCN1CCCOCC1. The van der Waals surface area contributed by atoms with Crippen molar-refractivity contribution in [2.75, 3.05) is 39.5 Å². The van der Waals surface area contributed by atoms with Crippen LogP contribution in [0.25, 0.3) is 0 Å². The molecule has 3 N–H and O–H groups in total. The smallest absolute Gasteiger partial charge is 0.0611 e. The molecule has 1 aliphatic rings. The molecule has 0 aromatic heterocycles. The molecule has 1 aliphatic heterocycles. The summed E-state index contributed by atoms with van der Waals surface area (Å²) in [7, 11) is 0. The zero-order valence-corrected chi connectivity index (χ0v) is 10.5. The molecule has 1 saturated heterocycles. The first kappa shape index (κ1) is 13.9. The summed E-state index contributed by atoms with van der Waals surface area (Å²) in [5.41, 5.74) is 5.68. The monoisotopic (exact) mass is 230 g/mol. The van der Waals surface area contributed by atoms with Crippen LogP contribution in [0.5, 0.6) is 0 Å². The lowest BCUT2D eigenvalue weighted by atomic mass is 9.92. The number of aliphatic hydroxyl groups excluding tert-OH is 1. The lowest BCUT2D eigenvalue weighted by Crippen LogP contribution is -2.43. The average Bonchev–Trinajstić information content (AvgIpc) is 2.57. The summed E-state index contributed by atoms with van der Waals surface area (Å²) in [5, 5.41) is 9.21. The van der Waals surface area contributed by atoms with Gasteiger partial charge >= 0.3 is 0 Å². The minimum absolute atomic E-state index is 0.0899. The Labute approximate surface area is 98.8 Å². The molecule has 1 unspecified atom stereocenters. The van der Waals surface area contributed by atoms with E-state index in [4.69, 9.17) is 10.5 Å². The largest absolute Gasteiger partial charge is 0.394 e. The van der Waals surface area contributed by atoms with E-state index in [9.17, 15) is 5.11 Å². The molecule has 4 heteroatoms. The Morgan fingerprint density at radius 1 is 1.38 bits per heavy atom. The molecule has 1 fully saturated rings. The predicted molar refractivity (Wildman–Crippen MR) is 65.4 cm³/mol. The van der Waals surface area contributed by atoms with Gasteiger partial charge in [-0.05, 0) is 32.2 Å². The van der Waals surface area contributed by atoms with E-state index in [-0.39, 0.29) is 12.1 Å². The fourth-order valence-corrected chi connectivity index (χ4v) is 2.04. The quantitative estimate of drug-likeness (QED) is 0.701. The van der Waals surface area contributed by atoms with Gasteiger partial charge in [0.2, 0.25) is 0 Å². The second-order valence-electron chi connectivity index (χ2n) is 4.79. The van der Waals surface area contributed by atoms with E-state index in [2.05, 4.69) is 4.90 Å². The van der Waals surface area contributed by atoms with Gasteiger partial charge in [0, 0.05) is 25.2 Å². The fraction of sp³-hybridized carbons (Fsp3) is 1.00. The maximum Gasteiger partial charge on any atom is 0.0611 e. The topological polar surface area (TPSA) is 58.7 Å². The summed E-state index contributed by atoms with van der Waals surface area (Å²) >= 11 is 0. The van der Waals surface area contributed by atoms with E-state index in [1.165, 1.54) is 0 Å². The number of nitrogens with zero attached hydrogens (tertiary/aromatic N) is 1. The molecular weight excluding hydrogens is 204 g/mol. The summed E-state index contributed by atoms with van der Waals surface area (Å²) in [6.45, 7) is 7.10. The Morgan fingerprint density at radius 2 is 2.19 bits per heavy atom. The van der Waals surface area contributed by atoms with Gasteiger partial charge in [0.1, 0.15) is 0 Å². The van der Waals surface area contributed by atoms with Crippen molar-refractivity contribution in [3.05, 3.63) is 0 Å². The summed E-state index contributed by atoms with van der Waals surface area (Å²) in [4.78, 5) is 2.43. The molecule has 0 aliphatic carbocycles. The standard InChI is InChI=1S/C12H26N2O2/c1-2-12(13,11-15)5-3-6-14-7-4-9-16-10-8-14/h15H,2-11,13H2,1H3. The van der Waals surface area contributed by atoms with Crippen molar-refractivity contribution in [1.82, 2.24) is 4.90 Å². The Bertz CT molecular complexity index is 176. The van der Waals surface area contributed by atoms with E-state index in [0.717, 1.165) is 58.5 Å². The minimum atomic E-state index is -0.373. The number of hydrogen-bond acceptors (Lipinski definition) is 4. The van der Waals surface area contributed by atoms with Crippen molar-refractivity contribution < 1.29 is 9.84 Å². The first-order valence-electron chi connectivity index (χ1n) is 6.40. The lowest BCUT2D eigenvalue weighted by molar-refractivity contribution is 0.139. The van der Waals surface area contributed by atoms with Crippen LogP contribution in [-0.4, -0.2) is 55.0 Å². The van der Waals surface area contributed by atoms with Gasteiger partial charge < -0.3 is 20.5 Å². The molecule has 16 heavy (non-hydrogen) atoms. The van der Waals surface area contributed by atoms with Crippen LogP contribution < -0.4 is 5.73 Å². The van der Waals surface area contributed by atoms with Gasteiger partial charge in [-0.15, -0.1) is 0 Å². The molecule has 96 valence electrons. The first-order valence-corrected chi connectivity index (χ1v) is 6.40. The summed E-state index contributed by atoms with van der Waals surface area (Å²) in [6, 6.07) is 0. The van der Waals surface area contributed by atoms with Crippen molar-refractivity contribution >= 4 is 0 Å². The average molecular weight is 230 g/mol. The second kappa shape index (κ2) is 7.22. The van der Waals surface area contributed by atoms with Crippen LogP contribution in [0.1, 0.15) is 32.6 Å². The maximum atomic E-state index is 9.21. The van der Waals surface area contributed by atoms with Crippen LogP contribution in [-0.2, 0) is 4.74 Å². The number of hydrogen-bond donors (Lipinski definition) is 2. The third kappa shape index (κ3) is 4.78. The van der Waals surface area contributed by atoms with Gasteiger partial charge in [0.25, 0.3) is 0 Å². The highest BCUT2D eigenvalue weighted by Gasteiger charge is 2.21. The van der Waals surface area contributed by atoms with Gasteiger partial charge in [-0.25, -0.2) is 0 Å². The van der Waals surface area contributed by atoms with E-state index in [0.29, 0.717) is 0 Å². The van der Waals surface area contributed by atoms with Gasteiger partial charge in [0.05, 0.1) is 13.2 Å². The first-order chi connectivity index (χ1) is 7.70. The van der Waals surface area contributed by atoms with E-state index in [1.807, 2.05) is 6.92 Å².